The van der Waals surface area contributed by atoms with Crippen molar-refractivity contribution in [1.29, 1.82) is 0 Å². The highest BCUT2D eigenvalue weighted by Crippen LogP contribution is 2.44. The molecule has 0 aromatic heterocycles. The minimum atomic E-state index is -4.48. The number of hydrogen-bond donors (Lipinski definition) is 0. The Labute approximate surface area is 160 Å². The van der Waals surface area contributed by atoms with Crippen LogP contribution in [0.1, 0.15) is 30.5 Å². The Kier molecular flexibility index (Phi) is 4.66. The lowest BCUT2D eigenvalue weighted by Crippen LogP contribution is -2.22. The van der Waals surface area contributed by atoms with E-state index in [1.807, 2.05) is 0 Å². The van der Waals surface area contributed by atoms with Crippen LogP contribution in [0.4, 0.5) is 13.2 Å². The third-order valence-corrected chi connectivity index (χ3v) is 5.60. The highest BCUT2D eigenvalue weighted by Gasteiger charge is 2.42. The lowest BCUT2D eigenvalue weighted by atomic mass is 9.87. The van der Waals surface area contributed by atoms with Crippen molar-refractivity contribution in [2.75, 3.05) is 6.26 Å². The molecule has 0 saturated carbocycles. The number of alkyl halides is 3. The Balaban J connectivity index is 2.16. The van der Waals surface area contributed by atoms with Gasteiger partial charge >= 0.3 is 12.1 Å². The van der Waals surface area contributed by atoms with Gasteiger partial charge in [0.2, 0.25) is 0 Å². The van der Waals surface area contributed by atoms with Gasteiger partial charge in [-0.15, -0.1) is 0 Å². The van der Waals surface area contributed by atoms with Crippen LogP contribution in [0.5, 0.6) is 0 Å². The molecule has 0 N–H and O–H groups in total. The van der Waals surface area contributed by atoms with Gasteiger partial charge < -0.3 is 4.74 Å². The molecule has 1 aliphatic heterocycles. The van der Waals surface area contributed by atoms with Crippen molar-refractivity contribution in [3.05, 3.63) is 65.2 Å². The predicted molar refractivity (Wildman–Crippen MR) is 98.0 cm³/mol. The van der Waals surface area contributed by atoms with Crippen LogP contribution in [0.2, 0.25) is 0 Å². The fourth-order valence-electron chi connectivity index (χ4n) is 3.19. The number of carbonyl (C=O) groups is 1. The van der Waals surface area contributed by atoms with Gasteiger partial charge in [-0.05, 0) is 49.2 Å². The summed E-state index contributed by atoms with van der Waals surface area (Å²) in [6, 6.07) is 10.2. The van der Waals surface area contributed by atoms with Gasteiger partial charge in [0.25, 0.3) is 0 Å². The molecule has 2 aromatic carbocycles. The number of esters is 1. The van der Waals surface area contributed by atoms with Gasteiger partial charge in [-0.1, -0.05) is 24.3 Å². The fraction of sp³-hybridized carbons (Fsp3) is 0.250. The van der Waals surface area contributed by atoms with E-state index in [0.29, 0.717) is 16.7 Å². The first-order chi connectivity index (χ1) is 12.8. The Morgan fingerprint density at radius 1 is 0.893 bits per heavy atom. The second-order valence-corrected chi connectivity index (χ2v) is 9.04. The van der Waals surface area contributed by atoms with E-state index in [9.17, 15) is 26.4 Å². The number of hydrogen-bond acceptors (Lipinski definition) is 4. The van der Waals surface area contributed by atoms with Crippen molar-refractivity contribution in [3.8, 4) is 0 Å². The zero-order valence-electron chi connectivity index (χ0n) is 15.3. The van der Waals surface area contributed by atoms with Gasteiger partial charge in [-0.3, -0.25) is 0 Å². The molecule has 0 spiro atoms. The highest BCUT2D eigenvalue weighted by atomic mass is 32.2. The molecule has 0 atom stereocenters. The van der Waals surface area contributed by atoms with Crippen LogP contribution in [0.25, 0.3) is 11.1 Å². The molecule has 0 bridgehead atoms. The van der Waals surface area contributed by atoms with Crippen LogP contribution in [-0.4, -0.2) is 26.2 Å². The molecule has 1 heterocycles. The van der Waals surface area contributed by atoms with E-state index in [2.05, 4.69) is 0 Å². The van der Waals surface area contributed by atoms with Crippen molar-refractivity contribution in [2.24, 2.45) is 0 Å². The molecule has 0 amide bonds. The molecule has 1 aliphatic rings. The monoisotopic (exact) mass is 410 g/mol. The highest BCUT2D eigenvalue weighted by molar-refractivity contribution is 7.90. The minimum absolute atomic E-state index is 0.121. The molecule has 28 heavy (non-hydrogen) atoms. The van der Waals surface area contributed by atoms with Gasteiger partial charge in [0.1, 0.15) is 5.60 Å². The number of benzene rings is 2. The third-order valence-electron chi connectivity index (χ3n) is 4.48. The summed E-state index contributed by atoms with van der Waals surface area (Å²) in [6.07, 6.45) is -3.40. The Hall–Kier alpha value is -2.61. The summed E-state index contributed by atoms with van der Waals surface area (Å²) in [5, 5.41) is 0. The summed E-state index contributed by atoms with van der Waals surface area (Å²) in [5.41, 5.74) is -0.351. The van der Waals surface area contributed by atoms with E-state index >= 15 is 0 Å². The summed E-state index contributed by atoms with van der Waals surface area (Å²) in [5.74, 6) is -0.646. The number of carbonyl (C=O) groups excluding carboxylic acids is 1. The zero-order chi connectivity index (χ0) is 20.9. The third kappa shape index (κ3) is 3.69. The number of rotatable bonds is 3. The minimum Gasteiger partial charge on any atom is -0.451 e. The number of cyclic esters (lactones) is 1. The maximum Gasteiger partial charge on any atom is 0.416 e. The molecule has 0 aliphatic carbocycles. The fourth-order valence-corrected chi connectivity index (χ4v) is 3.82. The number of ether oxygens (including phenoxy) is 1. The molecule has 0 fully saturated rings. The van der Waals surface area contributed by atoms with Crippen LogP contribution in [0.3, 0.4) is 0 Å². The topological polar surface area (TPSA) is 60.4 Å². The summed E-state index contributed by atoms with van der Waals surface area (Å²) >= 11 is 0. The van der Waals surface area contributed by atoms with Gasteiger partial charge in [0, 0.05) is 11.8 Å². The van der Waals surface area contributed by atoms with Crippen molar-refractivity contribution in [1.82, 2.24) is 0 Å². The molecular formula is C20H17F3O4S. The van der Waals surface area contributed by atoms with E-state index in [0.717, 1.165) is 18.4 Å². The van der Waals surface area contributed by atoms with E-state index in [1.54, 1.807) is 26.0 Å². The van der Waals surface area contributed by atoms with Crippen molar-refractivity contribution in [2.45, 2.75) is 30.5 Å². The summed E-state index contributed by atoms with van der Waals surface area (Å²) in [4.78, 5) is 12.6. The zero-order valence-corrected chi connectivity index (χ0v) is 16.1. The first-order valence-electron chi connectivity index (χ1n) is 8.27. The molecular weight excluding hydrogens is 393 g/mol. The molecule has 0 saturated heterocycles. The Morgan fingerprint density at radius 3 is 1.86 bits per heavy atom. The maximum atomic E-state index is 12.8. The summed E-state index contributed by atoms with van der Waals surface area (Å²) < 4.78 is 67.2. The average molecular weight is 410 g/mol. The second-order valence-electron chi connectivity index (χ2n) is 7.02. The Morgan fingerprint density at radius 2 is 1.39 bits per heavy atom. The van der Waals surface area contributed by atoms with E-state index in [-0.39, 0.29) is 10.5 Å². The molecule has 4 nitrogen and oxygen atoms in total. The largest absolute Gasteiger partial charge is 0.451 e. The van der Waals surface area contributed by atoms with Gasteiger partial charge in [-0.2, -0.15) is 13.2 Å². The van der Waals surface area contributed by atoms with Crippen LogP contribution in [-0.2, 0) is 25.5 Å². The average Bonchev–Trinajstić information content (AvgIpc) is 2.82. The second kappa shape index (κ2) is 6.48. The van der Waals surface area contributed by atoms with Crippen LogP contribution >= 0.6 is 0 Å². The first kappa shape index (κ1) is 20.1. The molecule has 0 radical (unpaired) electrons. The molecule has 148 valence electrons. The summed E-state index contributed by atoms with van der Waals surface area (Å²) in [7, 11) is -3.39. The van der Waals surface area contributed by atoms with Crippen molar-refractivity contribution < 1.29 is 31.1 Å². The van der Waals surface area contributed by atoms with Crippen molar-refractivity contribution in [3.63, 3.8) is 0 Å². The Bertz CT molecular complexity index is 1060. The van der Waals surface area contributed by atoms with Crippen LogP contribution < -0.4 is 0 Å². The summed E-state index contributed by atoms with van der Waals surface area (Å²) in [6.45, 7) is 3.34. The lowest BCUT2D eigenvalue weighted by Gasteiger charge is -2.22. The SMILES string of the molecule is CC1(C)OC(=O)C(c2ccc(C(F)(F)F)cc2)=C1c1ccc(S(C)(=O)=O)cc1. The standard InChI is InChI=1S/C20H17F3O4S/c1-19(2)17(13-6-10-15(11-7-13)28(3,25)26)16(18(24)27-19)12-4-8-14(9-5-12)20(21,22)23/h4-11H,1-3H3. The predicted octanol–water partition coefficient (Wildman–Crippen LogP) is 4.36. The van der Waals surface area contributed by atoms with Crippen LogP contribution in [0, 0.1) is 0 Å². The molecule has 2 aromatic rings. The van der Waals surface area contributed by atoms with Gasteiger partial charge in [-0.25, -0.2) is 13.2 Å². The van der Waals surface area contributed by atoms with E-state index in [1.165, 1.54) is 24.3 Å². The van der Waals surface area contributed by atoms with E-state index in [4.69, 9.17) is 4.74 Å². The van der Waals surface area contributed by atoms with Gasteiger partial charge in [0.05, 0.1) is 16.0 Å². The van der Waals surface area contributed by atoms with Gasteiger partial charge in [0.15, 0.2) is 9.84 Å². The lowest BCUT2D eigenvalue weighted by molar-refractivity contribution is -0.142. The normalized spacial score (nSPS) is 17.0. The molecule has 8 heteroatoms. The van der Waals surface area contributed by atoms with Crippen molar-refractivity contribution >= 4 is 27.0 Å². The van der Waals surface area contributed by atoms with E-state index < -0.39 is 33.1 Å². The molecule has 3 rings (SSSR count). The first-order valence-corrected chi connectivity index (χ1v) is 10.2. The number of halogens is 3. The van der Waals surface area contributed by atoms with Crippen LogP contribution in [0.15, 0.2) is 53.4 Å². The number of sulfone groups is 1. The maximum absolute atomic E-state index is 12.8. The smallest absolute Gasteiger partial charge is 0.416 e. The molecule has 0 unspecified atom stereocenters. The quantitative estimate of drug-likeness (QED) is 0.706.